The molecule has 2 fully saturated rings. The maximum Gasteiger partial charge on any atom is 0.218 e. The number of morpholine rings is 1. The molecule has 2 aliphatic rings. The smallest absolute Gasteiger partial charge is 0.218 e. The Balaban J connectivity index is 1.32. The first-order valence-corrected chi connectivity index (χ1v) is 14.3. The SMILES string of the molecule is Cc1cc2c(nc1OC[C@H]1CN(CCO)CCO1)[nH]c1cccc(-c3cccc(S(=O)(=O)C4CC4)c3)c12. The first-order valence-electron chi connectivity index (χ1n) is 12.8. The summed E-state index contributed by atoms with van der Waals surface area (Å²) in [5.74, 6) is 0.556. The molecule has 8 nitrogen and oxygen atoms in total. The van der Waals surface area contributed by atoms with Crippen molar-refractivity contribution >= 4 is 31.8 Å². The summed E-state index contributed by atoms with van der Waals surface area (Å²) in [6.45, 7) is 5.28. The van der Waals surface area contributed by atoms with Crippen LogP contribution in [0.1, 0.15) is 18.4 Å². The number of aromatic amines is 1. The van der Waals surface area contributed by atoms with Gasteiger partial charge in [-0.3, -0.25) is 4.90 Å². The molecule has 1 aliphatic carbocycles. The molecule has 0 bridgehead atoms. The van der Waals surface area contributed by atoms with Gasteiger partial charge in [-0.05, 0) is 55.2 Å². The van der Waals surface area contributed by atoms with Crippen LogP contribution >= 0.6 is 0 Å². The van der Waals surface area contributed by atoms with Gasteiger partial charge in [-0.2, -0.15) is 4.98 Å². The van der Waals surface area contributed by atoms with Gasteiger partial charge in [0.15, 0.2) is 9.84 Å². The van der Waals surface area contributed by atoms with Crippen LogP contribution in [0.2, 0.25) is 0 Å². The Hall–Kier alpha value is -2.98. The molecule has 0 unspecified atom stereocenters. The topological polar surface area (TPSA) is 105 Å². The van der Waals surface area contributed by atoms with Crippen LogP contribution in [-0.4, -0.2) is 79.2 Å². The van der Waals surface area contributed by atoms with E-state index in [2.05, 4.69) is 16.0 Å². The van der Waals surface area contributed by atoms with Crippen LogP contribution < -0.4 is 4.74 Å². The van der Waals surface area contributed by atoms with Crippen molar-refractivity contribution < 1.29 is 23.0 Å². The summed E-state index contributed by atoms with van der Waals surface area (Å²) in [5, 5.41) is 11.0. The van der Waals surface area contributed by atoms with Crippen LogP contribution in [0.3, 0.4) is 0 Å². The fourth-order valence-electron chi connectivity index (χ4n) is 5.15. The Bertz CT molecular complexity index is 1560. The minimum Gasteiger partial charge on any atom is -0.475 e. The van der Waals surface area contributed by atoms with E-state index in [0.29, 0.717) is 37.1 Å². The molecule has 2 aromatic heterocycles. The van der Waals surface area contributed by atoms with E-state index < -0.39 is 9.84 Å². The molecule has 194 valence electrons. The summed E-state index contributed by atoms with van der Waals surface area (Å²) in [6.07, 6.45) is 1.41. The lowest BCUT2D eigenvalue weighted by Crippen LogP contribution is -2.45. The molecular formula is C28H31N3O5S. The number of aliphatic hydroxyl groups is 1. The fourth-order valence-corrected chi connectivity index (χ4v) is 6.85. The number of ether oxygens (including phenoxy) is 2. The van der Waals surface area contributed by atoms with Crippen molar-refractivity contribution in [2.75, 3.05) is 39.5 Å². The summed E-state index contributed by atoms with van der Waals surface area (Å²) in [4.78, 5) is 10.8. The van der Waals surface area contributed by atoms with Gasteiger partial charge in [0, 0.05) is 41.5 Å². The van der Waals surface area contributed by atoms with Gasteiger partial charge in [0.1, 0.15) is 18.4 Å². The predicted octanol–water partition coefficient (Wildman–Crippen LogP) is 3.70. The van der Waals surface area contributed by atoms with Crippen molar-refractivity contribution in [3.63, 3.8) is 0 Å². The highest BCUT2D eigenvalue weighted by Gasteiger charge is 2.37. The molecule has 1 saturated heterocycles. The molecule has 3 heterocycles. The number of aliphatic hydroxyl groups excluding tert-OH is 1. The fraction of sp³-hybridized carbons (Fsp3) is 0.393. The average Bonchev–Trinajstić information content (AvgIpc) is 3.70. The Morgan fingerprint density at radius 3 is 2.84 bits per heavy atom. The van der Waals surface area contributed by atoms with Crippen LogP contribution in [0.25, 0.3) is 33.1 Å². The van der Waals surface area contributed by atoms with Gasteiger partial charge in [0.05, 0.1) is 23.4 Å². The summed E-state index contributed by atoms with van der Waals surface area (Å²) in [7, 11) is -3.28. The van der Waals surface area contributed by atoms with Crippen molar-refractivity contribution in [2.24, 2.45) is 0 Å². The van der Waals surface area contributed by atoms with Crippen LogP contribution in [0.4, 0.5) is 0 Å². The lowest BCUT2D eigenvalue weighted by Gasteiger charge is -2.32. The van der Waals surface area contributed by atoms with Gasteiger partial charge < -0.3 is 19.6 Å². The Morgan fingerprint density at radius 2 is 2.03 bits per heavy atom. The normalized spacial score (nSPS) is 19.0. The molecule has 1 aliphatic heterocycles. The largest absolute Gasteiger partial charge is 0.475 e. The number of aromatic nitrogens is 2. The molecule has 1 atom stereocenters. The number of aryl methyl sites for hydroxylation is 1. The van der Waals surface area contributed by atoms with Gasteiger partial charge in [0.2, 0.25) is 5.88 Å². The minimum atomic E-state index is -3.28. The maximum absolute atomic E-state index is 12.9. The highest BCUT2D eigenvalue weighted by Crippen LogP contribution is 2.38. The van der Waals surface area contributed by atoms with E-state index >= 15 is 0 Å². The van der Waals surface area contributed by atoms with Crippen molar-refractivity contribution in [1.29, 1.82) is 0 Å². The molecule has 0 spiro atoms. The average molecular weight is 522 g/mol. The van der Waals surface area contributed by atoms with E-state index in [9.17, 15) is 13.5 Å². The van der Waals surface area contributed by atoms with Crippen molar-refractivity contribution in [2.45, 2.75) is 36.0 Å². The minimum absolute atomic E-state index is 0.0780. The Kier molecular flexibility index (Phi) is 6.40. The van der Waals surface area contributed by atoms with Crippen molar-refractivity contribution in [1.82, 2.24) is 14.9 Å². The zero-order chi connectivity index (χ0) is 25.6. The van der Waals surface area contributed by atoms with Gasteiger partial charge in [0.25, 0.3) is 0 Å². The van der Waals surface area contributed by atoms with Gasteiger partial charge >= 0.3 is 0 Å². The molecule has 37 heavy (non-hydrogen) atoms. The first-order chi connectivity index (χ1) is 17.9. The molecule has 4 aromatic rings. The highest BCUT2D eigenvalue weighted by molar-refractivity contribution is 7.92. The van der Waals surface area contributed by atoms with Crippen LogP contribution in [0.15, 0.2) is 53.4 Å². The molecule has 0 radical (unpaired) electrons. The third-order valence-corrected chi connectivity index (χ3v) is 9.50. The van der Waals surface area contributed by atoms with Gasteiger partial charge in [-0.15, -0.1) is 0 Å². The second kappa shape index (κ2) is 9.72. The summed E-state index contributed by atoms with van der Waals surface area (Å²) in [5.41, 5.74) is 4.40. The number of nitrogens with zero attached hydrogens (tertiary/aromatic N) is 2. The van der Waals surface area contributed by atoms with Crippen LogP contribution in [0, 0.1) is 6.92 Å². The van der Waals surface area contributed by atoms with E-state index in [0.717, 1.165) is 58.0 Å². The molecule has 0 amide bonds. The standard InChI is InChI=1S/C28H31N3O5S/c1-18-14-24-26-23(19-4-2-5-22(15-19)37(33,34)21-8-9-21)6-3-7-25(26)29-27(24)30-28(18)36-17-20-16-31(10-12-32)11-13-35-20/h2-7,14-15,20-21,32H,8-13,16-17H2,1H3,(H,29,30)/t20-/m1/s1. The number of nitrogens with one attached hydrogen (secondary N) is 1. The molecular weight excluding hydrogens is 490 g/mol. The summed E-state index contributed by atoms with van der Waals surface area (Å²) < 4.78 is 37.7. The van der Waals surface area contributed by atoms with Gasteiger partial charge in [-0.25, -0.2) is 8.42 Å². The quantitative estimate of drug-likeness (QED) is 0.364. The predicted molar refractivity (Wildman–Crippen MR) is 143 cm³/mol. The van der Waals surface area contributed by atoms with Gasteiger partial charge in [-0.1, -0.05) is 24.3 Å². The molecule has 9 heteroatoms. The number of fused-ring (bicyclic) bond motifs is 3. The Labute approximate surface area is 216 Å². The third kappa shape index (κ3) is 4.72. The van der Waals surface area contributed by atoms with E-state index in [1.54, 1.807) is 12.1 Å². The number of β-amino-alcohol motifs (C(OH)–C–C–N with tert-alkyl or cyclic N) is 1. The molecule has 6 rings (SSSR count). The van der Waals surface area contributed by atoms with Crippen LogP contribution in [-0.2, 0) is 14.6 Å². The van der Waals surface area contributed by atoms with Crippen LogP contribution in [0.5, 0.6) is 5.88 Å². The second-order valence-electron chi connectivity index (χ2n) is 9.96. The first kappa shape index (κ1) is 24.4. The lowest BCUT2D eigenvalue weighted by atomic mass is 9.99. The zero-order valence-electron chi connectivity index (χ0n) is 20.8. The maximum atomic E-state index is 12.9. The summed E-state index contributed by atoms with van der Waals surface area (Å²) in [6, 6.07) is 15.3. The number of hydrogen-bond donors (Lipinski definition) is 2. The molecule has 2 aromatic carbocycles. The molecule has 1 saturated carbocycles. The summed E-state index contributed by atoms with van der Waals surface area (Å²) >= 11 is 0. The van der Waals surface area contributed by atoms with Crippen molar-refractivity contribution in [3.05, 3.63) is 54.1 Å². The molecule has 2 N–H and O–H groups in total. The number of hydrogen-bond acceptors (Lipinski definition) is 7. The number of H-pyrrole nitrogens is 1. The van der Waals surface area contributed by atoms with Crippen molar-refractivity contribution in [3.8, 4) is 17.0 Å². The zero-order valence-corrected chi connectivity index (χ0v) is 21.6. The Morgan fingerprint density at radius 1 is 1.19 bits per heavy atom. The number of rotatable bonds is 8. The lowest BCUT2D eigenvalue weighted by molar-refractivity contribution is -0.0514. The van der Waals surface area contributed by atoms with E-state index in [1.807, 2.05) is 37.3 Å². The van der Waals surface area contributed by atoms with E-state index in [1.165, 1.54) is 0 Å². The second-order valence-corrected chi connectivity index (χ2v) is 12.2. The highest BCUT2D eigenvalue weighted by atomic mass is 32.2. The number of sulfone groups is 1. The third-order valence-electron chi connectivity index (χ3n) is 7.24. The van der Waals surface area contributed by atoms with E-state index in [-0.39, 0.29) is 18.0 Å². The monoisotopic (exact) mass is 521 g/mol. The number of pyridine rings is 1. The van der Waals surface area contributed by atoms with E-state index in [4.69, 9.17) is 14.5 Å². The number of benzene rings is 2.